The lowest BCUT2D eigenvalue weighted by molar-refractivity contribution is -0.194. The highest BCUT2D eigenvalue weighted by Crippen LogP contribution is 2.43. The summed E-state index contributed by atoms with van der Waals surface area (Å²) in [6.07, 6.45) is -0.812. The van der Waals surface area contributed by atoms with E-state index in [-0.39, 0.29) is 30.6 Å². The van der Waals surface area contributed by atoms with Crippen LogP contribution >= 0.6 is 0 Å². The van der Waals surface area contributed by atoms with Crippen molar-refractivity contribution < 1.29 is 18.9 Å². The predicted molar refractivity (Wildman–Crippen MR) is 140 cm³/mol. The molecule has 6 heteroatoms. The van der Waals surface area contributed by atoms with Gasteiger partial charge < -0.3 is 28.7 Å². The molecule has 3 fully saturated rings. The maximum absolute atomic E-state index is 6.79. The van der Waals surface area contributed by atoms with Crippen molar-refractivity contribution in [1.82, 2.24) is 0 Å². The smallest absolute Gasteiger partial charge is 0.164 e. The van der Waals surface area contributed by atoms with E-state index in [1.54, 1.807) is 0 Å². The summed E-state index contributed by atoms with van der Waals surface area (Å²) in [5.41, 5.74) is 3.51. The van der Waals surface area contributed by atoms with Gasteiger partial charge >= 0.3 is 0 Å². The van der Waals surface area contributed by atoms with Crippen molar-refractivity contribution in [3.63, 3.8) is 0 Å². The average molecular weight is 487 g/mol. The molecule has 188 valence electrons. The van der Waals surface area contributed by atoms with Crippen molar-refractivity contribution in [3.8, 4) is 0 Å². The van der Waals surface area contributed by atoms with E-state index in [2.05, 4.69) is 82.6 Å². The summed E-state index contributed by atoms with van der Waals surface area (Å²) in [6, 6.07) is 31.4. The van der Waals surface area contributed by atoms with E-state index in [4.69, 9.17) is 18.9 Å². The third-order valence-electron chi connectivity index (χ3n) is 7.27. The van der Waals surface area contributed by atoms with Crippen LogP contribution in [-0.4, -0.2) is 56.1 Å². The van der Waals surface area contributed by atoms with E-state index in [1.807, 2.05) is 32.0 Å². The molecule has 6 nitrogen and oxygen atoms in total. The molecule has 0 aromatic heterocycles. The minimum absolute atomic E-state index is 0.0288. The van der Waals surface area contributed by atoms with Crippen molar-refractivity contribution in [1.29, 1.82) is 0 Å². The lowest BCUT2D eigenvalue weighted by Crippen LogP contribution is -2.53. The van der Waals surface area contributed by atoms with Crippen LogP contribution in [0.2, 0.25) is 0 Å². The van der Waals surface area contributed by atoms with Gasteiger partial charge in [0.05, 0.1) is 13.2 Å². The molecule has 3 heterocycles. The Morgan fingerprint density at radius 1 is 0.722 bits per heavy atom. The zero-order chi connectivity index (χ0) is 24.5. The molecule has 3 aromatic carbocycles. The van der Waals surface area contributed by atoms with E-state index < -0.39 is 5.79 Å². The van der Waals surface area contributed by atoms with Gasteiger partial charge in [-0.15, -0.1) is 0 Å². The number of rotatable bonds is 7. The number of ether oxygens (including phenoxy) is 4. The molecule has 0 saturated carbocycles. The summed E-state index contributed by atoms with van der Waals surface area (Å²) in [6.45, 7) is 6.78. The molecule has 0 unspecified atom stereocenters. The van der Waals surface area contributed by atoms with Gasteiger partial charge in [-0.2, -0.15) is 0 Å². The summed E-state index contributed by atoms with van der Waals surface area (Å²) in [5, 5.41) is 0. The third kappa shape index (κ3) is 4.62. The van der Waals surface area contributed by atoms with Crippen molar-refractivity contribution in [2.45, 2.75) is 56.8 Å². The molecule has 3 saturated heterocycles. The Hall–Kier alpha value is -2.90. The van der Waals surface area contributed by atoms with Gasteiger partial charge in [-0.1, -0.05) is 66.7 Å². The van der Waals surface area contributed by atoms with Crippen molar-refractivity contribution in [3.05, 3.63) is 96.6 Å². The van der Waals surface area contributed by atoms with Crippen LogP contribution in [0.15, 0.2) is 91.0 Å². The molecule has 3 aromatic rings. The number of nitrogens with zero attached hydrogens (tertiary/aromatic N) is 2. The van der Waals surface area contributed by atoms with Gasteiger partial charge in [0.15, 0.2) is 5.79 Å². The molecule has 3 aliphatic rings. The number of hydrogen-bond donors (Lipinski definition) is 0. The second-order valence-electron chi connectivity index (χ2n) is 10.2. The highest BCUT2D eigenvalue weighted by molar-refractivity contribution is 5.57. The number of hydrogen-bond acceptors (Lipinski definition) is 6. The van der Waals surface area contributed by atoms with Gasteiger partial charge in [-0.3, -0.25) is 0 Å². The van der Waals surface area contributed by atoms with Crippen LogP contribution < -0.4 is 9.80 Å². The molecule has 6 rings (SSSR count). The summed E-state index contributed by atoms with van der Waals surface area (Å²) < 4.78 is 25.8. The Kier molecular flexibility index (Phi) is 6.44. The van der Waals surface area contributed by atoms with Crippen molar-refractivity contribution in [2.24, 2.45) is 0 Å². The molecule has 0 radical (unpaired) electrons. The van der Waals surface area contributed by atoms with Crippen LogP contribution in [0, 0.1) is 0 Å². The Bertz CT molecular complexity index is 1080. The number of fused-ring (bicyclic) bond motifs is 1. The maximum Gasteiger partial charge on any atom is 0.164 e. The fourth-order valence-electron chi connectivity index (χ4n) is 5.76. The lowest BCUT2D eigenvalue weighted by Gasteiger charge is -2.38. The van der Waals surface area contributed by atoms with Crippen LogP contribution in [-0.2, 0) is 25.6 Å². The monoisotopic (exact) mass is 486 g/mol. The van der Waals surface area contributed by atoms with Gasteiger partial charge in [0, 0.05) is 24.5 Å². The summed E-state index contributed by atoms with van der Waals surface area (Å²) in [7, 11) is 0. The van der Waals surface area contributed by atoms with Gasteiger partial charge in [-0.05, 0) is 43.7 Å². The second-order valence-corrected chi connectivity index (χ2v) is 10.2. The highest BCUT2D eigenvalue weighted by Gasteiger charge is 2.59. The molecule has 0 bridgehead atoms. The molecule has 0 aliphatic carbocycles. The zero-order valence-electron chi connectivity index (χ0n) is 20.9. The minimum atomic E-state index is -0.664. The van der Waals surface area contributed by atoms with E-state index in [1.165, 1.54) is 11.4 Å². The van der Waals surface area contributed by atoms with Crippen LogP contribution in [0.1, 0.15) is 19.4 Å². The molecule has 0 N–H and O–H groups in total. The second kappa shape index (κ2) is 9.87. The molecular weight excluding hydrogens is 452 g/mol. The third-order valence-corrected chi connectivity index (χ3v) is 7.27. The van der Waals surface area contributed by atoms with Gasteiger partial charge in [0.2, 0.25) is 0 Å². The number of anilines is 2. The lowest BCUT2D eigenvalue weighted by atomic mass is 10.0. The first kappa shape index (κ1) is 23.5. The topological polar surface area (TPSA) is 43.4 Å². The molecule has 3 aliphatic heterocycles. The van der Waals surface area contributed by atoms with Gasteiger partial charge in [-0.25, -0.2) is 0 Å². The first-order valence-electron chi connectivity index (χ1n) is 12.9. The van der Waals surface area contributed by atoms with Crippen LogP contribution in [0.3, 0.4) is 0 Å². The summed E-state index contributed by atoms with van der Waals surface area (Å²) >= 11 is 0. The Balaban J connectivity index is 1.28. The molecular formula is C30H34N2O4. The first-order valence-corrected chi connectivity index (χ1v) is 12.9. The zero-order valence-corrected chi connectivity index (χ0v) is 20.9. The Morgan fingerprint density at radius 2 is 1.25 bits per heavy atom. The minimum Gasteiger partial charge on any atom is -0.374 e. The molecule has 36 heavy (non-hydrogen) atoms. The Morgan fingerprint density at radius 3 is 1.83 bits per heavy atom. The highest BCUT2D eigenvalue weighted by atomic mass is 16.8. The van der Waals surface area contributed by atoms with E-state index >= 15 is 0 Å². The van der Waals surface area contributed by atoms with Crippen molar-refractivity contribution >= 4 is 11.4 Å². The predicted octanol–water partition coefficient (Wildman–Crippen LogP) is 4.84. The SMILES string of the molecule is CC1(C)O[C@@H]2[C@H](O1)[C@@H](COCc1ccccc1)O[C@H]2C1N(c2ccccc2)CCN1c1ccccc1. The van der Waals surface area contributed by atoms with Crippen molar-refractivity contribution in [2.75, 3.05) is 29.5 Å². The summed E-state index contributed by atoms with van der Waals surface area (Å²) in [4.78, 5) is 4.88. The van der Waals surface area contributed by atoms with E-state index in [0.717, 1.165) is 18.7 Å². The van der Waals surface area contributed by atoms with Crippen LogP contribution in [0.25, 0.3) is 0 Å². The normalized spacial score (nSPS) is 27.5. The average Bonchev–Trinajstić information content (AvgIpc) is 3.57. The molecule has 0 spiro atoms. The standard InChI is InChI=1S/C30H34N2O4/c1-30(2)35-26-25(21-33-20-22-12-6-3-7-13-22)34-28(27(26)36-30)29-31(23-14-8-4-9-15-23)18-19-32(29)24-16-10-5-11-17-24/h3-17,25-29H,18-21H2,1-2H3/t25-,26-,27-,28-/m1/s1. The Labute approximate surface area is 213 Å². The van der Waals surface area contributed by atoms with Crippen LogP contribution in [0.5, 0.6) is 0 Å². The van der Waals surface area contributed by atoms with E-state index in [9.17, 15) is 0 Å². The first-order chi connectivity index (χ1) is 17.6. The fourth-order valence-corrected chi connectivity index (χ4v) is 5.76. The van der Waals surface area contributed by atoms with Gasteiger partial charge in [0.25, 0.3) is 0 Å². The molecule has 0 amide bonds. The largest absolute Gasteiger partial charge is 0.374 e. The maximum atomic E-state index is 6.79. The molecule has 4 atom stereocenters. The van der Waals surface area contributed by atoms with E-state index in [0.29, 0.717) is 13.2 Å². The summed E-state index contributed by atoms with van der Waals surface area (Å²) in [5.74, 6) is -0.664. The number of para-hydroxylation sites is 2. The quantitative estimate of drug-likeness (QED) is 0.476. The number of benzene rings is 3. The van der Waals surface area contributed by atoms with Gasteiger partial charge in [0.1, 0.15) is 30.6 Å². The van der Waals surface area contributed by atoms with Crippen LogP contribution in [0.4, 0.5) is 11.4 Å². The fraction of sp³-hybridized carbons (Fsp3) is 0.400.